The lowest BCUT2D eigenvalue weighted by molar-refractivity contribution is 0.669. The highest BCUT2D eigenvalue weighted by Crippen LogP contribution is 2.43. The molecule has 0 aliphatic heterocycles. The first kappa shape index (κ1) is 36.7. The predicted octanol–water partition coefficient (Wildman–Crippen LogP) is 15.2. The molecule has 0 N–H and O–H groups in total. The molecule has 9 aromatic carbocycles. The van der Waals surface area contributed by atoms with Crippen LogP contribution < -0.4 is 4.90 Å². The molecule has 0 bridgehead atoms. The molecule has 11 aromatic rings. The molecular weight excluding hydrogens is 757 g/mol. The molecule has 0 saturated carbocycles. The number of para-hydroxylation sites is 1. The van der Waals surface area contributed by atoms with Gasteiger partial charge in [-0.25, -0.2) is 15.0 Å². The zero-order valence-corrected chi connectivity index (χ0v) is 33.6. The quantitative estimate of drug-likeness (QED) is 0.146. The van der Waals surface area contributed by atoms with Crippen LogP contribution in [0.25, 0.3) is 89.5 Å². The molecule has 0 saturated heterocycles. The third-order valence-corrected chi connectivity index (χ3v) is 11.4. The summed E-state index contributed by atoms with van der Waals surface area (Å²) in [6.07, 6.45) is 0. The lowest BCUT2D eigenvalue weighted by atomic mass is 9.99. The van der Waals surface area contributed by atoms with Crippen LogP contribution in [0.15, 0.2) is 235 Å². The van der Waals surface area contributed by atoms with E-state index in [4.69, 9.17) is 19.4 Å². The van der Waals surface area contributed by atoms with Crippen LogP contribution in [-0.4, -0.2) is 15.0 Å². The molecule has 0 radical (unpaired) electrons. The van der Waals surface area contributed by atoms with Crippen molar-refractivity contribution >= 4 is 39.0 Å². The molecule has 2 aromatic heterocycles. The van der Waals surface area contributed by atoms with Gasteiger partial charge >= 0.3 is 0 Å². The average Bonchev–Trinajstić information content (AvgIpc) is 3.74. The van der Waals surface area contributed by atoms with Crippen LogP contribution in [0, 0.1) is 0 Å². The highest BCUT2D eigenvalue weighted by Gasteiger charge is 2.20. The Morgan fingerprint density at radius 3 is 1.35 bits per heavy atom. The lowest BCUT2D eigenvalue weighted by Gasteiger charge is -2.28. The van der Waals surface area contributed by atoms with Gasteiger partial charge in [0.1, 0.15) is 11.2 Å². The van der Waals surface area contributed by atoms with Gasteiger partial charge in [0.15, 0.2) is 17.5 Å². The molecular formula is C57H38N4O. The Balaban J connectivity index is 1.01. The van der Waals surface area contributed by atoms with Gasteiger partial charge in [0.05, 0.1) is 5.69 Å². The maximum atomic E-state index is 6.49. The SMILES string of the molecule is c1ccc(-c2ccc(N(c3ccc(-c4ccc5oc6cccc(-c7nc(-c8ccccc8)nc(-c8ccccc8)n7)c6c5c4)cc3)c3ccccc3-c3ccccc3)cc2)cc1. The molecule has 62 heavy (non-hydrogen) atoms. The van der Waals surface area contributed by atoms with Gasteiger partial charge in [0.2, 0.25) is 0 Å². The van der Waals surface area contributed by atoms with E-state index < -0.39 is 0 Å². The molecule has 11 rings (SSSR count). The minimum Gasteiger partial charge on any atom is -0.456 e. The van der Waals surface area contributed by atoms with Gasteiger partial charge in [-0.2, -0.15) is 0 Å². The van der Waals surface area contributed by atoms with E-state index in [9.17, 15) is 0 Å². The number of aromatic nitrogens is 3. The number of rotatable bonds is 9. The van der Waals surface area contributed by atoms with Crippen molar-refractivity contribution in [1.29, 1.82) is 0 Å². The molecule has 0 fully saturated rings. The number of furan rings is 1. The third-order valence-electron chi connectivity index (χ3n) is 11.4. The van der Waals surface area contributed by atoms with Crippen molar-refractivity contribution in [2.45, 2.75) is 0 Å². The predicted molar refractivity (Wildman–Crippen MR) is 254 cm³/mol. The lowest BCUT2D eigenvalue weighted by Crippen LogP contribution is -2.11. The van der Waals surface area contributed by atoms with E-state index in [0.717, 1.165) is 77.9 Å². The molecule has 5 heteroatoms. The van der Waals surface area contributed by atoms with E-state index in [-0.39, 0.29) is 0 Å². The number of nitrogens with zero attached hydrogens (tertiary/aromatic N) is 4. The van der Waals surface area contributed by atoms with Crippen LogP contribution in [0.2, 0.25) is 0 Å². The fourth-order valence-electron chi connectivity index (χ4n) is 8.32. The first-order valence-electron chi connectivity index (χ1n) is 20.8. The maximum Gasteiger partial charge on any atom is 0.164 e. The molecule has 0 spiro atoms. The normalized spacial score (nSPS) is 11.2. The average molecular weight is 795 g/mol. The molecule has 0 atom stereocenters. The van der Waals surface area contributed by atoms with Crippen molar-refractivity contribution < 1.29 is 4.42 Å². The first-order chi connectivity index (χ1) is 30.7. The Bertz CT molecular complexity index is 3260. The van der Waals surface area contributed by atoms with Crippen molar-refractivity contribution in [1.82, 2.24) is 15.0 Å². The second-order valence-corrected chi connectivity index (χ2v) is 15.2. The Hall–Kier alpha value is -8.41. The Labute approximate surface area is 359 Å². The van der Waals surface area contributed by atoms with Crippen LogP contribution in [0.3, 0.4) is 0 Å². The summed E-state index contributed by atoms with van der Waals surface area (Å²) < 4.78 is 6.49. The molecule has 292 valence electrons. The number of hydrogen-bond donors (Lipinski definition) is 0. The largest absolute Gasteiger partial charge is 0.456 e. The zero-order valence-electron chi connectivity index (χ0n) is 33.6. The molecule has 0 unspecified atom stereocenters. The maximum absolute atomic E-state index is 6.49. The molecule has 0 amide bonds. The summed E-state index contributed by atoms with van der Waals surface area (Å²) in [5.41, 5.74) is 14.4. The van der Waals surface area contributed by atoms with Crippen LogP contribution in [0.4, 0.5) is 17.1 Å². The van der Waals surface area contributed by atoms with E-state index in [1.54, 1.807) is 0 Å². The van der Waals surface area contributed by atoms with Gasteiger partial charge in [-0.15, -0.1) is 0 Å². The summed E-state index contributed by atoms with van der Waals surface area (Å²) in [6.45, 7) is 0. The fourth-order valence-corrected chi connectivity index (χ4v) is 8.32. The summed E-state index contributed by atoms with van der Waals surface area (Å²) >= 11 is 0. The summed E-state index contributed by atoms with van der Waals surface area (Å²) in [7, 11) is 0. The van der Waals surface area contributed by atoms with Gasteiger partial charge in [0.25, 0.3) is 0 Å². The van der Waals surface area contributed by atoms with Crippen molar-refractivity contribution in [3.05, 3.63) is 231 Å². The van der Waals surface area contributed by atoms with Gasteiger partial charge in [-0.1, -0.05) is 182 Å². The van der Waals surface area contributed by atoms with E-state index in [1.165, 1.54) is 11.1 Å². The van der Waals surface area contributed by atoms with Crippen LogP contribution >= 0.6 is 0 Å². The van der Waals surface area contributed by atoms with Crippen LogP contribution in [-0.2, 0) is 0 Å². The first-order valence-corrected chi connectivity index (χ1v) is 20.8. The topological polar surface area (TPSA) is 55.1 Å². The van der Waals surface area contributed by atoms with E-state index >= 15 is 0 Å². The number of hydrogen-bond acceptors (Lipinski definition) is 5. The van der Waals surface area contributed by atoms with E-state index in [2.05, 4.69) is 163 Å². The van der Waals surface area contributed by atoms with Crippen molar-refractivity contribution in [2.75, 3.05) is 4.90 Å². The van der Waals surface area contributed by atoms with Gasteiger partial charge in [0, 0.05) is 44.4 Å². The standard InChI is InChI=1S/C57H38N4O/c1-5-16-39(17-6-1)40-28-33-46(34-29-40)61(51-26-14-13-24-48(51)42-18-7-2-8-19-42)47-35-30-41(31-36-47)45-32-37-52-50(38-45)54-49(25-15-27-53(54)62-52)57-59-55(43-20-9-3-10-21-43)58-56(60-57)44-22-11-4-12-23-44/h1-38H. The summed E-state index contributed by atoms with van der Waals surface area (Å²) in [5.74, 6) is 1.83. The Morgan fingerprint density at radius 1 is 0.306 bits per heavy atom. The van der Waals surface area contributed by atoms with E-state index in [1.807, 2.05) is 72.8 Å². The Kier molecular flexibility index (Phi) is 9.45. The van der Waals surface area contributed by atoms with Crippen molar-refractivity contribution in [3.63, 3.8) is 0 Å². The van der Waals surface area contributed by atoms with Crippen molar-refractivity contribution in [3.8, 4) is 67.5 Å². The van der Waals surface area contributed by atoms with Crippen LogP contribution in [0.1, 0.15) is 0 Å². The fraction of sp³-hybridized carbons (Fsp3) is 0. The summed E-state index contributed by atoms with van der Waals surface area (Å²) in [5, 5.41) is 1.96. The number of fused-ring (bicyclic) bond motifs is 3. The van der Waals surface area contributed by atoms with E-state index in [0.29, 0.717) is 17.5 Å². The van der Waals surface area contributed by atoms with Crippen LogP contribution in [0.5, 0.6) is 0 Å². The van der Waals surface area contributed by atoms with Gasteiger partial charge in [-0.05, 0) is 76.3 Å². The minimum atomic E-state index is 0.591. The number of benzene rings is 9. The second-order valence-electron chi connectivity index (χ2n) is 15.2. The third kappa shape index (κ3) is 6.97. The molecule has 2 heterocycles. The molecule has 0 aliphatic rings. The highest BCUT2D eigenvalue weighted by atomic mass is 16.3. The second kappa shape index (κ2) is 16.0. The van der Waals surface area contributed by atoms with Gasteiger partial charge in [-0.3, -0.25) is 0 Å². The Morgan fingerprint density at radius 2 is 0.758 bits per heavy atom. The van der Waals surface area contributed by atoms with Crippen molar-refractivity contribution in [2.24, 2.45) is 0 Å². The highest BCUT2D eigenvalue weighted by molar-refractivity contribution is 6.12. The van der Waals surface area contributed by atoms with Gasteiger partial charge < -0.3 is 9.32 Å². The zero-order chi connectivity index (χ0) is 41.2. The smallest absolute Gasteiger partial charge is 0.164 e. The minimum absolute atomic E-state index is 0.591. The molecule has 0 aliphatic carbocycles. The monoisotopic (exact) mass is 794 g/mol. The number of anilines is 3. The molecule has 5 nitrogen and oxygen atoms in total. The summed E-state index contributed by atoms with van der Waals surface area (Å²) in [6, 6.07) is 80.1. The summed E-state index contributed by atoms with van der Waals surface area (Å²) in [4.78, 5) is 17.4.